The molecule has 1 heterocycles. The molecule has 1 aromatic rings. The molecule has 22 heavy (non-hydrogen) atoms. The minimum atomic E-state index is 0.0637. The van der Waals surface area contributed by atoms with E-state index >= 15 is 0 Å². The van der Waals surface area contributed by atoms with Gasteiger partial charge in [0.25, 0.3) is 0 Å². The van der Waals surface area contributed by atoms with Crippen molar-refractivity contribution in [2.45, 2.75) is 57.6 Å². The highest BCUT2D eigenvalue weighted by Crippen LogP contribution is 2.32. The van der Waals surface area contributed by atoms with Gasteiger partial charge in [0.15, 0.2) is 0 Å². The number of carbonyl (C=O) groups excluding carboxylic acids is 1. The summed E-state index contributed by atoms with van der Waals surface area (Å²) in [5.41, 5.74) is 0.916. The second kappa shape index (κ2) is 7.42. The molecule has 0 spiro atoms. The fourth-order valence-electron chi connectivity index (χ4n) is 3.20. The highest BCUT2D eigenvalue weighted by Gasteiger charge is 2.30. The van der Waals surface area contributed by atoms with E-state index in [-0.39, 0.29) is 12.5 Å². The van der Waals surface area contributed by atoms with Crippen molar-refractivity contribution in [3.05, 3.63) is 28.0 Å². The number of hydrogen-bond acceptors (Lipinski definition) is 3. The summed E-state index contributed by atoms with van der Waals surface area (Å²) in [6.07, 6.45) is 12.4. The van der Waals surface area contributed by atoms with E-state index < -0.39 is 0 Å². The number of rotatable bonds is 6. The number of hydrogen-bond donors (Lipinski definition) is 1. The van der Waals surface area contributed by atoms with E-state index in [0.717, 1.165) is 22.9 Å². The van der Waals surface area contributed by atoms with E-state index in [1.54, 1.807) is 17.4 Å². The predicted octanol–water partition coefficient (Wildman–Crippen LogP) is 3.82. The second-order valence-corrected chi connectivity index (χ2v) is 7.52. The van der Waals surface area contributed by atoms with Crippen LogP contribution in [0.1, 0.15) is 55.4 Å². The van der Waals surface area contributed by atoms with Crippen LogP contribution < -0.4 is 0 Å². The van der Waals surface area contributed by atoms with Gasteiger partial charge >= 0.3 is 0 Å². The Kier molecular flexibility index (Phi) is 5.32. The zero-order valence-corrected chi connectivity index (χ0v) is 13.9. The third-order valence-corrected chi connectivity index (χ3v) is 5.64. The Labute approximate surface area is 136 Å². The van der Waals surface area contributed by atoms with Crippen LogP contribution in [-0.4, -0.2) is 28.5 Å². The molecule has 2 saturated carbocycles. The molecule has 0 aliphatic heterocycles. The van der Waals surface area contributed by atoms with Crippen LogP contribution in [0.2, 0.25) is 0 Å². The Balaban J connectivity index is 1.64. The minimum absolute atomic E-state index is 0.0637. The molecule has 3 nitrogen and oxygen atoms in total. The van der Waals surface area contributed by atoms with E-state index in [1.807, 2.05) is 17.5 Å². The van der Waals surface area contributed by atoms with Crippen LogP contribution in [0.3, 0.4) is 0 Å². The van der Waals surface area contributed by atoms with E-state index in [1.165, 1.54) is 44.9 Å². The van der Waals surface area contributed by atoms with E-state index in [0.29, 0.717) is 6.04 Å². The minimum Gasteiger partial charge on any atom is -0.392 e. The largest absolute Gasteiger partial charge is 0.392 e. The highest BCUT2D eigenvalue weighted by atomic mass is 32.1. The molecular formula is C18H25NO2S. The van der Waals surface area contributed by atoms with Gasteiger partial charge in [-0.05, 0) is 54.7 Å². The normalized spacial score (nSPS) is 19.7. The molecule has 0 aromatic carbocycles. The van der Waals surface area contributed by atoms with Crippen LogP contribution in [-0.2, 0) is 11.4 Å². The van der Waals surface area contributed by atoms with Crippen molar-refractivity contribution < 1.29 is 9.90 Å². The fourth-order valence-corrected chi connectivity index (χ4v) is 4.00. The van der Waals surface area contributed by atoms with Crippen LogP contribution in [0, 0.1) is 5.92 Å². The van der Waals surface area contributed by atoms with Crippen molar-refractivity contribution in [3.8, 4) is 0 Å². The summed E-state index contributed by atoms with van der Waals surface area (Å²) in [5, 5.41) is 11.0. The van der Waals surface area contributed by atoms with Crippen molar-refractivity contribution in [1.29, 1.82) is 0 Å². The molecule has 0 atom stereocenters. The molecule has 3 rings (SSSR count). The summed E-state index contributed by atoms with van der Waals surface area (Å²) in [6.45, 7) is 1.01. The Morgan fingerprint density at radius 2 is 2.05 bits per heavy atom. The molecular weight excluding hydrogens is 294 g/mol. The monoisotopic (exact) mass is 319 g/mol. The predicted molar refractivity (Wildman–Crippen MR) is 90.6 cm³/mol. The molecule has 4 heteroatoms. The molecule has 0 saturated heterocycles. The van der Waals surface area contributed by atoms with Crippen LogP contribution in [0.4, 0.5) is 0 Å². The summed E-state index contributed by atoms with van der Waals surface area (Å²) in [6, 6.07) is 2.39. The Morgan fingerprint density at radius 1 is 1.27 bits per heavy atom. The van der Waals surface area contributed by atoms with Gasteiger partial charge in [-0.25, -0.2) is 0 Å². The first kappa shape index (κ1) is 15.8. The third-order valence-electron chi connectivity index (χ3n) is 4.70. The standard InChI is InChI=1S/C18H25NO2S/c20-12-15-10-17(22-13-15)8-9-18(21)19(11-14-6-7-14)16-4-2-1-3-5-16/h8-10,13-14,16,20H,1-7,11-12H2. The number of thiophene rings is 1. The third kappa shape index (κ3) is 4.20. The number of nitrogens with zero attached hydrogens (tertiary/aromatic N) is 1. The van der Waals surface area contributed by atoms with Crippen molar-refractivity contribution in [3.63, 3.8) is 0 Å². The van der Waals surface area contributed by atoms with Crippen molar-refractivity contribution >= 4 is 23.3 Å². The number of aliphatic hydroxyl groups is 1. The van der Waals surface area contributed by atoms with Crippen LogP contribution in [0.15, 0.2) is 17.5 Å². The van der Waals surface area contributed by atoms with Gasteiger partial charge in [0.1, 0.15) is 0 Å². The van der Waals surface area contributed by atoms with Gasteiger partial charge in [0.2, 0.25) is 5.91 Å². The zero-order valence-electron chi connectivity index (χ0n) is 13.0. The van der Waals surface area contributed by atoms with E-state index in [4.69, 9.17) is 5.11 Å². The first-order valence-electron chi connectivity index (χ1n) is 8.43. The topological polar surface area (TPSA) is 40.5 Å². The van der Waals surface area contributed by atoms with Crippen molar-refractivity contribution in [2.24, 2.45) is 5.92 Å². The molecule has 2 fully saturated rings. The molecule has 0 bridgehead atoms. The lowest BCUT2D eigenvalue weighted by Crippen LogP contribution is -2.41. The summed E-state index contributed by atoms with van der Waals surface area (Å²) in [4.78, 5) is 15.8. The van der Waals surface area contributed by atoms with Gasteiger partial charge in [-0.3, -0.25) is 4.79 Å². The lowest BCUT2D eigenvalue weighted by atomic mass is 9.94. The molecule has 1 N–H and O–H groups in total. The number of carbonyl (C=O) groups is 1. The maximum atomic E-state index is 12.6. The quantitative estimate of drug-likeness (QED) is 0.810. The number of aliphatic hydroxyl groups excluding tert-OH is 1. The molecule has 2 aliphatic carbocycles. The Bertz CT molecular complexity index is 527. The van der Waals surface area contributed by atoms with E-state index in [2.05, 4.69) is 4.90 Å². The van der Waals surface area contributed by atoms with E-state index in [9.17, 15) is 4.79 Å². The average Bonchev–Trinajstić information content (AvgIpc) is 3.26. The molecule has 2 aliphatic rings. The van der Waals surface area contributed by atoms with Crippen molar-refractivity contribution in [1.82, 2.24) is 4.90 Å². The smallest absolute Gasteiger partial charge is 0.246 e. The Hall–Kier alpha value is -1.13. The summed E-state index contributed by atoms with van der Waals surface area (Å²) in [7, 11) is 0. The van der Waals surface area contributed by atoms with Crippen LogP contribution in [0.5, 0.6) is 0 Å². The fraction of sp³-hybridized carbons (Fsp3) is 0.611. The molecule has 1 aromatic heterocycles. The van der Waals surface area contributed by atoms with Gasteiger partial charge < -0.3 is 10.0 Å². The maximum Gasteiger partial charge on any atom is 0.246 e. The second-order valence-electron chi connectivity index (χ2n) is 6.57. The lowest BCUT2D eigenvalue weighted by Gasteiger charge is -2.34. The SMILES string of the molecule is O=C(C=Cc1cc(CO)cs1)N(CC1CC1)C1CCCCC1. The van der Waals surface area contributed by atoms with Gasteiger partial charge in [-0.1, -0.05) is 19.3 Å². The lowest BCUT2D eigenvalue weighted by molar-refractivity contribution is -0.129. The molecule has 0 radical (unpaired) electrons. The van der Waals surface area contributed by atoms with Crippen LogP contribution in [0.25, 0.3) is 6.08 Å². The molecule has 120 valence electrons. The highest BCUT2D eigenvalue weighted by molar-refractivity contribution is 7.11. The molecule has 0 unspecified atom stereocenters. The number of amides is 1. The van der Waals surface area contributed by atoms with Gasteiger partial charge in [0, 0.05) is 23.5 Å². The Morgan fingerprint density at radius 3 is 2.68 bits per heavy atom. The first-order valence-corrected chi connectivity index (χ1v) is 9.31. The van der Waals surface area contributed by atoms with Gasteiger partial charge in [-0.2, -0.15) is 0 Å². The maximum absolute atomic E-state index is 12.6. The van der Waals surface area contributed by atoms with Crippen LogP contribution >= 0.6 is 11.3 Å². The average molecular weight is 319 g/mol. The van der Waals surface area contributed by atoms with Gasteiger partial charge in [-0.15, -0.1) is 11.3 Å². The summed E-state index contributed by atoms with van der Waals surface area (Å²) in [5.74, 6) is 0.903. The zero-order chi connectivity index (χ0) is 15.4. The van der Waals surface area contributed by atoms with Crippen molar-refractivity contribution in [2.75, 3.05) is 6.54 Å². The molecule has 1 amide bonds. The first-order chi connectivity index (χ1) is 10.8. The summed E-state index contributed by atoms with van der Waals surface area (Å²) < 4.78 is 0. The van der Waals surface area contributed by atoms with Gasteiger partial charge in [0.05, 0.1) is 6.61 Å². The summed E-state index contributed by atoms with van der Waals surface area (Å²) >= 11 is 1.57.